The van der Waals surface area contributed by atoms with Gasteiger partial charge in [0.1, 0.15) is 11.5 Å². The third-order valence-electron chi connectivity index (χ3n) is 3.08. The Hall–Kier alpha value is -2.81. The highest BCUT2D eigenvalue weighted by Crippen LogP contribution is 2.19. The summed E-state index contributed by atoms with van der Waals surface area (Å²) in [4.78, 5) is 27.3. The molecule has 2 amide bonds. The second-order valence-corrected chi connectivity index (χ2v) is 5.58. The summed E-state index contributed by atoms with van der Waals surface area (Å²) in [7, 11) is 1.29. The molecule has 134 valence electrons. The van der Waals surface area contributed by atoms with Crippen LogP contribution in [0.1, 0.15) is 22.6 Å². The number of H-pyrrole nitrogens is 1. The molecular formula is C15H19ClN6O3. The Morgan fingerprint density at radius 1 is 1.20 bits per heavy atom. The topological polar surface area (TPSA) is 121 Å². The van der Waals surface area contributed by atoms with Crippen LogP contribution >= 0.6 is 11.6 Å². The van der Waals surface area contributed by atoms with Crippen molar-refractivity contribution in [3.63, 3.8) is 0 Å². The lowest BCUT2D eigenvalue weighted by Crippen LogP contribution is -2.30. The normalized spacial score (nSPS) is 10.2. The fraction of sp³-hybridized carbons (Fsp3) is 0.333. The van der Waals surface area contributed by atoms with Gasteiger partial charge in [-0.2, -0.15) is 5.10 Å². The molecule has 2 rings (SSSR count). The van der Waals surface area contributed by atoms with Gasteiger partial charge in [0.25, 0.3) is 5.91 Å². The number of alkyl carbamates (subject to hydrolysis) is 1. The van der Waals surface area contributed by atoms with Crippen LogP contribution in [-0.4, -0.2) is 47.4 Å². The van der Waals surface area contributed by atoms with E-state index in [0.717, 1.165) is 5.69 Å². The molecule has 2 aromatic heterocycles. The Bertz CT molecular complexity index is 749. The summed E-state index contributed by atoms with van der Waals surface area (Å²) < 4.78 is 4.45. The molecule has 0 aromatic carbocycles. The number of methoxy groups -OCH3 is 1. The van der Waals surface area contributed by atoms with E-state index in [1.54, 1.807) is 12.1 Å². The summed E-state index contributed by atoms with van der Waals surface area (Å²) in [6, 6.07) is 4.88. The van der Waals surface area contributed by atoms with Crippen LogP contribution in [0.2, 0.25) is 5.02 Å². The lowest BCUT2D eigenvalue weighted by Gasteiger charge is -2.08. The number of carbonyl (C=O) groups excluding carboxylic acids is 2. The number of hydrogen-bond donors (Lipinski definition) is 4. The predicted molar refractivity (Wildman–Crippen MR) is 93.2 cm³/mol. The Kier molecular flexibility index (Phi) is 6.58. The lowest BCUT2D eigenvalue weighted by atomic mass is 10.3. The number of ether oxygens (including phenoxy) is 1. The third kappa shape index (κ3) is 5.96. The monoisotopic (exact) mass is 366 g/mol. The number of aromatic nitrogens is 3. The van der Waals surface area contributed by atoms with E-state index in [1.165, 1.54) is 13.2 Å². The molecule has 4 N–H and O–H groups in total. The average molecular weight is 367 g/mol. The first-order chi connectivity index (χ1) is 12.0. The van der Waals surface area contributed by atoms with Gasteiger partial charge < -0.3 is 20.7 Å². The minimum atomic E-state index is -0.507. The molecule has 0 saturated carbocycles. The quantitative estimate of drug-likeness (QED) is 0.556. The Balaban J connectivity index is 1.89. The molecule has 0 atom stereocenters. The first kappa shape index (κ1) is 18.5. The Morgan fingerprint density at radius 3 is 2.64 bits per heavy atom. The SMILES string of the molecule is COC(=O)NCCCNC(=O)c1cc(Cl)cc(Nc2cc(C)[nH]n2)n1. The van der Waals surface area contributed by atoms with Gasteiger partial charge in [-0.3, -0.25) is 9.89 Å². The zero-order chi connectivity index (χ0) is 18.2. The van der Waals surface area contributed by atoms with E-state index in [1.807, 2.05) is 6.92 Å². The van der Waals surface area contributed by atoms with E-state index >= 15 is 0 Å². The molecule has 0 fully saturated rings. The number of pyridine rings is 1. The zero-order valence-electron chi connectivity index (χ0n) is 13.9. The number of hydrogen-bond acceptors (Lipinski definition) is 6. The summed E-state index contributed by atoms with van der Waals surface area (Å²) in [6.45, 7) is 2.64. The van der Waals surface area contributed by atoms with Crippen LogP contribution in [0, 0.1) is 6.92 Å². The van der Waals surface area contributed by atoms with Gasteiger partial charge in [-0.1, -0.05) is 11.6 Å². The van der Waals surface area contributed by atoms with Crippen molar-refractivity contribution in [1.29, 1.82) is 0 Å². The maximum atomic E-state index is 12.2. The molecule has 2 aromatic rings. The highest BCUT2D eigenvalue weighted by molar-refractivity contribution is 6.31. The van der Waals surface area contributed by atoms with Crippen molar-refractivity contribution >= 4 is 35.2 Å². The summed E-state index contributed by atoms with van der Waals surface area (Å²) in [5.41, 5.74) is 1.08. The maximum absolute atomic E-state index is 12.2. The zero-order valence-corrected chi connectivity index (χ0v) is 14.6. The number of aryl methyl sites for hydroxylation is 1. The van der Waals surface area contributed by atoms with Crippen LogP contribution < -0.4 is 16.0 Å². The predicted octanol–water partition coefficient (Wildman–Crippen LogP) is 1.99. The van der Waals surface area contributed by atoms with Crippen molar-refractivity contribution in [3.05, 3.63) is 34.6 Å². The smallest absolute Gasteiger partial charge is 0.406 e. The number of carbonyl (C=O) groups is 2. The first-order valence-corrected chi connectivity index (χ1v) is 7.92. The number of anilines is 2. The fourth-order valence-electron chi connectivity index (χ4n) is 1.93. The van der Waals surface area contributed by atoms with Gasteiger partial charge in [-0.05, 0) is 25.5 Å². The van der Waals surface area contributed by atoms with Gasteiger partial charge in [0, 0.05) is 29.9 Å². The molecule has 0 radical (unpaired) electrons. The Labute approximate surface area is 149 Å². The fourth-order valence-corrected chi connectivity index (χ4v) is 2.14. The van der Waals surface area contributed by atoms with E-state index in [2.05, 4.69) is 35.9 Å². The van der Waals surface area contributed by atoms with Crippen LogP contribution in [0.4, 0.5) is 16.4 Å². The average Bonchev–Trinajstić information content (AvgIpc) is 2.98. The van der Waals surface area contributed by atoms with Crippen molar-refractivity contribution in [2.24, 2.45) is 0 Å². The number of halogens is 1. The molecule has 0 saturated heterocycles. The van der Waals surface area contributed by atoms with Crippen LogP contribution in [0.25, 0.3) is 0 Å². The molecule has 2 heterocycles. The van der Waals surface area contributed by atoms with Gasteiger partial charge in [0.15, 0.2) is 5.82 Å². The number of nitrogens with one attached hydrogen (secondary N) is 4. The maximum Gasteiger partial charge on any atom is 0.406 e. The van der Waals surface area contributed by atoms with Crippen molar-refractivity contribution in [2.45, 2.75) is 13.3 Å². The number of amides is 2. The molecule has 0 aliphatic rings. The minimum Gasteiger partial charge on any atom is -0.453 e. The highest BCUT2D eigenvalue weighted by atomic mass is 35.5. The third-order valence-corrected chi connectivity index (χ3v) is 3.30. The summed E-state index contributed by atoms with van der Waals surface area (Å²) in [5.74, 6) is 0.630. The van der Waals surface area contributed by atoms with E-state index in [4.69, 9.17) is 11.6 Å². The minimum absolute atomic E-state index is 0.184. The van der Waals surface area contributed by atoms with Crippen LogP contribution in [0.15, 0.2) is 18.2 Å². The van der Waals surface area contributed by atoms with Gasteiger partial charge in [0.2, 0.25) is 0 Å². The second kappa shape index (κ2) is 8.88. The molecule has 10 heteroatoms. The van der Waals surface area contributed by atoms with Gasteiger partial charge in [0.05, 0.1) is 7.11 Å². The van der Waals surface area contributed by atoms with Gasteiger partial charge in [-0.25, -0.2) is 9.78 Å². The van der Waals surface area contributed by atoms with Gasteiger partial charge in [-0.15, -0.1) is 0 Å². The first-order valence-electron chi connectivity index (χ1n) is 7.54. The molecule has 0 spiro atoms. The van der Waals surface area contributed by atoms with Crippen molar-refractivity contribution in [2.75, 3.05) is 25.5 Å². The standard InChI is InChI=1S/C15H19ClN6O3/c1-9-6-13(22-21-9)20-12-8-10(16)7-11(19-12)14(23)17-4-3-5-18-15(24)25-2/h6-8H,3-5H2,1-2H3,(H,17,23)(H,18,24)(H2,19,20,21,22). The molecule has 25 heavy (non-hydrogen) atoms. The molecule has 0 unspecified atom stereocenters. The molecule has 0 bridgehead atoms. The number of rotatable bonds is 7. The van der Waals surface area contributed by atoms with Gasteiger partial charge >= 0.3 is 6.09 Å². The van der Waals surface area contributed by atoms with Crippen molar-refractivity contribution < 1.29 is 14.3 Å². The summed E-state index contributed by atoms with van der Waals surface area (Å²) in [5, 5.41) is 15.4. The van der Waals surface area contributed by atoms with Crippen LogP contribution in [-0.2, 0) is 4.74 Å². The molecule has 0 aliphatic carbocycles. The van der Waals surface area contributed by atoms with E-state index in [9.17, 15) is 9.59 Å². The van der Waals surface area contributed by atoms with E-state index in [-0.39, 0.29) is 11.6 Å². The second-order valence-electron chi connectivity index (χ2n) is 5.14. The largest absolute Gasteiger partial charge is 0.453 e. The highest BCUT2D eigenvalue weighted by Gasteiger charge is 2.11. The summed E-state index contributed by atoms with van der Waals surface area (Å²) in [6.07, 6.45) is 0.0474. The van der Waals surface area contributed by atoms with Crippen molar-refractivity contribution in [3.8, 4) is 0 Å². The molecule has 0 aliphatic heterocycles. The summed E-state index contributed by atoms with van der Waals surface area (Å²) >= 11 is 6.05. The number of nitrogens with zero attached hydrogens (tertiary/aromatic N) is 2. The van der Waals surface area contributed by atoms with Crippen LogP contribution in [0.3, 0.4) is 0 Å². The van der Waals surface area contributed by atoms with E-state index in [0.29, 0.717) is 36.2 Å². The lowest BCUT2D eigenvalue weighted by molar-refractivity contribution is 0.0948. The molecular weight excluding hydrogens is 348 g/mol. The van der Waals surface area contributed by atoms with Crippen molar-refractivity contribution in [1.82, 2.24) is 25.8 Å². The van der Waals surface area contributed by atoms with E-state index < -0.39 is 6.09 Å². The molecule has 9 nitrogen and oxygen atoms in total. The number of aromatic amines is 1. The Morgan fingerprint density at radius 2 is 1.96 bits per heavy atom. The van der Waals surface area contributed by atoms with Crippen LogP contribution in [0.5, 0.6) is 0 Å².